The van der Waals surface area contributed by atoms with Crippen LogP contribution in [0.15, 0.2) is 78.9 Å². The van der Waals surface area contributed by atoms with Crippen LogP contribution in [0, 0.1) is 0 Å². The van der Waals surface area contributed by atoms with Crippen LogP contribution in [-0.2, 0) is 22.7 Å². The number of rotatable bonds is 8. The maximum atomic E-state index is 12.3. The Balaban J connectivity index is 1.25. The molecule has 3 aromatic carbocycles. The third-order valence-electron chi connectivity index (χ3n) is 4.94. The van der Waals surface area contributed by atoms with Crippen molar-refractivity contribution in [3.63, 3.8) is 0 Å². The predicted octanol–water partition coefficient (Wildman–Crippen LogP) is 4.34. The molecule has 6 heteroatoms. The second-order valence-electron chi connectivity index (χ2n) is 7.19. The quantitative estimate of drug-likeness (QED) is 0.512. The van der Waals surface area contributed by atoms with Crippen LogP contribution in [0.1, 0.15) is 44.7 Å². The fourth-order valence-corrected chi connectivity index (χ4v) is 3.37. The van der Waals surface area contributed by atoms with Crippen molar-refractivity contribution < 1.29 is 24.0 Å². The van der Waals surface area contributed by atoms with Gasteiger partial charge in [0.15, 0.2) is 0 Å². The number of carbonyl (C=O) groups is 3. The second-order valence-corrected chi connectivity index (χ2v) is 7.19. The maximum absolute atomic E-state index is 12.3. The lowest BCUT2D eigenvalue weighted by Gasteiger charge is -2.12. The average molecular weight is 415 g/mol. The molecule has 0 aliphatic carbocycles. The topological polar surface area (TPSA) is 72.9 Å². The molecule has 156 valence electrons. The highest BCUT2D eigenvalue weighted by molar-refractivity contribution is 6.20. The van der Waals surface area contributed by atoms with Crippen molar-refractivity contribution >= 4 is 17.8 Å². The molecule has 0 atom stereocenters. The molecule has 0 fully saturated rings. The molecule has 0 bridgehead atoms. The standard InChI is InChI=1S/C25H21NO5/c27-23(31-26-24(28)21-13-4-5-14-22(21)25(26)29)15-7-11-18-10-6-12-20(16-18)30-17-19-8-2-1-3-9-19/h1-6,8-10,12-14,16H,7,11,15,17H2. The van der Waals surface area contributed by atoms with E-state index < -0.39 is 17.8 Å². The Hall–Kier alpha value is -3.93. The van der Waals surface area contributed by atoms with Gasteiger partial charge in [0.05, 0.1) is 11.1 Å². The summed E-state index contributed by atoms with van der Waals surface area (Å²) in [6, 6.07) is 24.0. The lowest BCUT2D eigenvalue weighted by molar-refractivity contribution is -0.168. The van der Waals surface area contributed by atoms with Gasteiger partial charge in [-0.05, 0) is 48.2 Å². The van der Waals surface area contributed by atoms with Crippen molar-refractivity contribution in [1.29, 1.82) is 0 Å². The fourth-order valence-electron chi connectivity index (χ4n) is 3.37. The number of hydroxylamine groups is 2. The molecule has 3 aromatic rings. The number of imide groups is 1. The van der Waals surface area contributed by atoms with E-state index in [2.05, 4.69) is 0 Å². The van der Waals surface area contributed by atoms with Gasteiger partial charge >= 0.3 is 5.97 Å². The summed E-state index contributed by atoms with van der Waals surface area (Å²) in [5.41, 5.74) is 2.60. The van der Waals surface area contributed by atoms with E-state index in [-0.39, 0.29) is 17.5 Å². The molecular formula is C25H21NO5. The molecule has 0 unspecified atom stereocenters. The van der Waals surface area contributed by atoms with Crippen molar-refractivity contribution in [3.05, 3.63) is 101 Å². The highest BCUT2D eigenvalue weighted by atomic mass is 16.7. The number of fused-ring (bicyclic) bond motifs is 1. The number of amides is 2. The number of carbonyl (C=O) groups excluding carboxylic acids is 3. The van der Waals surface area contributed by atoms with E-state index in [4.69, 9.17) is 9.57 Å². The number of nitrogens with zero attached hydrogens (tertiary/aromatic N) is 1. The summed E-state index contributed by atoms with van der Waals surface area (Å²) in [4.78, 5) is 41.7. The van der Waals surface area contributed by atoms with Crippen LogP contribution in [0.3, 0.4) is 0 Å². The Bertz CT molecular complexity index is 1070. The minimum Gasteiger partial charge on any atom is -0.489 e. The molecule has 6 nitrogen and oxygen atoms in total. The van der Waals surface area contributed by atoms with Crippen LogP contribution >= 0.6 is 0 Å². The molecule has 0 saturated carbocycles. The van der Waals surface area contributed by atoms with Crippen molar-refractivity contribution in [2.45, 2.75) is 25.9 Å². The highest BCUT2D eigenvalue weighted by Crippen LogP contribution is 2.23. The first-order chi connectivity index (χ1) is 15.1. The molecule has 0 radical (unpaired) electrons. The number of hydrogen-bond acceptors (Lipinski definition) is 5. The Labute approximate surface area is 180 Å². The number of benzene rings is 3. The SMILES string of the molecule is O=C(CCCc1cccc(OCc2ccccc2)c1)ON1C(=O)c2ccccc2C1=O. The zero-order valence-corrected chi connectivity index (χ0v) is 16.8. The highest BCUT2D eigenvalue weighted by Gasteiger charge is 2.38. The van der Waals surface area contributed by atoms with E-state index >= 15 is 0 Å². The molecule has 2 amide bonds. The molecule has 0 aromatic heterocycles. The average Bonchev–Trinajstić information content (AvgIpc) is 3.04. The van der Waals surface area contributed by atoms with Gasteiger partial charge in [0.2, 0.25) is 0 Å². The fraction of sp³-hybridized carbons (Fsp3) is 0.160. The molecule has 1 aliphatic heterocycles. The monoisotopic (exact) mass is 415 g/mol. The van der Waals surface area contributed by atoms with Gasteiger partial charge < -0.3 is 9.57 Å². The zero-order valence-electron chi connectivity index (χ0n) is 16.8. The summed E-state index contributed by atoms with van der Waals surface area (Å²) in [5.74, 6) is -1.09. The van der Waals surface area contributed by atoms with Crippen LogP contribution in [0.4, 0.5) is 0 Å². The molecule has 31 heavy (non-hydrogen) atoms. The summed E-state index contributed by atoms with van der Waals surface area (Å²) in [6.07, 6.45) is 1.24. The maximum Gasteiger partial charge on any atom is 0.333 e. The first kappa shape index (κ1) is 20.3. The van der Waals surface area contributed by atoms with E-state index in [1.165, 1.54) is 12.1 Å². The van der Waals surface area contributed by atoms with Crippen LogP contribution in [0.2, 0.25) is 0 Å². The molecular weight excluding hydrogens is 394 g/mol. The molecule has 1 aliphatic rings. The van der Waals surface area contributed by atoms with Crippen LogP contribution < -0.4 is 4.74 Å². The van der Waals surface area contributed by atoms with Gasteiger partial charge in [0, 0.05) is 6.42 Å². The first-order valence-electron chi connectivity index (χ1n) is 10.1. The van der Waals surface area contributed by atoms with Crippen molar-refractivity contribution in [3.8, 4) is 5.75 Å². The van der Waals surface area contributed by atoms with Gasteiger partial charge in [-0.3, -0.25) is 9.59 Å². The Morgan fingerprint density at radius 3 is 2.13 bits per heavy atom. The van der Waals surface area contributed by atoms with Gasteiger partial charge in [-0.1, -0.05) is 59.7 Å². The van der Waals surface area contributed by atoms with Crippen molar-refractivity contribution in [1.82, 2.24) is 5.06 Å². The number of aryl methyl sites for hydroxylation is 1. The lowest BCUT2D eigenvalue weighted by atomic mass is 10.1. The molecule has 4 rings (SSSR count). The summed E-state index contributed by atoms with van der Waals surface area (Å²) in [5, 5.41) is 0.547. The Morgan fingerprint density at radius 1 is 0.774 bits per heavy atom. The minimum atomic E-state index is -0.619. The van der Waals surface area contributed by atoms with Gasteiger partial charge in [0.25, 0.3) is 11.8 Å². The summed E-state index contributed by atoms with van der Waals surface area (Å²) in [7, 11) is 0. The Kier molecular flexibility index (Phi) is 6.08. The van der Waals surface area contributed by atoms with Crippen LogP contribution in [0.5, 0.6) is 5.75 Å². The Morgan fingerprint density at radius 2 is 1.42 bits per heavy atom. The summed E-state index contributed by atoms with van der Waals surface area (Å²) >= 11 is 0. The normalized spacial score (nSPS) is 12.6. The van der Waals surface area contributed by atoms with Gasteiger partial charge in [0.1, 0.15) is 12.4 Å². The molecule has 0 spiro atoms. The van der Waals surface area contributed by atoms with Gasteiger partial charge in [-0.25, -0.2) is 4.79 Å². The van der Waals surface area contributed by atoms with E-state index in [1.54, 1.807) is 12.1 Å². The van der Waals surface area contributed by atoms with Crippen molar-refractivity contribution in [2.24, 2.45) is 0 Å². The smallest absolute Gasteiger partial charge is 0.333 e. The largest absolute Gasteiger partial charge is 0.489 e. The van der Waals surface area contributed by atoms with Gasteiger partial charge in [-0.15, -0.1) is 0 Å². The van der Waals surface area contributed by atoms with Crippen molar-refractivity contribution in [2.75, 3.05) is 0 Å². The summed E-state index contributed by atoms with van der Waals surface area (Å²) < 4.78 is 5.83. The van der Waals surface area contributed by atoms with E-state index in [9.17, 15) is 14.4 Å². The lowest BCUT2D eigenvalue weighted by Crippen LogP contribution is -2.32. The van der Waals surface area contributed by atoms with Crippen LogP contribution in [0.25, 0.3) is 0 Å². The zero-order chi connectivity index (χ0) is 21.6. The number of ether oxygens (including phenoxy) is 1. The molecule has 1 heterocycles. The number of hydrogen-bond donors (Lipinski definition) is 0. The third kappa shape index (κ3) is 4.80. The predicted molar refractivity (Wildman–Crippen MR) is 113 cm³/mol. The van der Waals surface area contributed by atoms with Crippen LogP contribution in [-0.4, -0.2) is 22.8 Å². The molecule has 0 N–H and O–H groups in total. The minimum absolute atomic E-state index is 0.0858. The third-order valence-corrected chi connectivity index (χ3v) is 4.94. The van der Waals surface area contributed by atoms with E-state index in [0.29, 0.717) is 24.5 Å². The summed E-state index contributed by atoms with van der Waals surface area (Å²) in [6.45, 7) is 0.483. The molecule has 0 saturated heterocycles. The van der Waals surface area contributed by atoms with E-state index in [1.807, 2.05) is 54.6 Å². The second kappa shape index (κ2) is 9.26. The first-order valence-corrected chi connectivity index (χ1v) is 10.1. The van der Waals surface area contributed by atoms with Gasteiger partial charge in [-0.2, -0.15) is 0 Å². The van der Waals surface area contributed by atoms with E-state index in [0.717, 1.165) is 16.9 Å².